The van der Waals surface area contributed by atoms with Crippen molar-refractivity contribution >= 4 is 35.7 Å². The molecule has 0 aliphatic carbocycles. The van der Waals surface area contributed by atoms with Crippen molar-refractivity contribution in [2.75, 3.05) is 0 Å². The van der Waals surface area contributed by atoms with Crippen LogP contribution in [0.15, 0.2) is 0 Å². The standard InChI is InChI=1S/2CH3NOS.Cu/c2*2-1(3)4;/h2*(H3,2,3,4);. The monoisotopic (exact) mass is 217 g/mol. The van der Waals surface area contributed by atoms with Gasteiger partial charge in [0.1, 0.15) is 0 Å². The number of hydrogen-bond donors (Lipinski definition) is 4. The van der Waals surface area contributed by atoms with Crippen LogP contribution < -0.4 is 11.5 Å². The molecule has 0 aliphatic rings. The van der Waals surface area contributed by atoms with Gasteiger partial charge in [-0.15, -0.1) is 0 Å². The van der Waals surface area contributed by atoms with Crippen LogP contribution in [0.4, 0.5) is 9.59 Å². The number of amides is 2. The quantitative estimate of drug-likeness (QED) is 0.340. The van der Waals surface area contributed by atoms with Crippen LogP contribution in [-0.4, -0.2) is 10.5 Å². The summed E-state index contributed by atoms with van der Waals surface area (Å²) in [7, 11) is 0. The van der Waals surface area contributed by atoms with E-state index < -0.39 is 10.5 Å². The second-order valence-electron chi connectivity index (χ2n) is 0.676. The minimum atomic E-state index is -0.639. The number of rotatable bonds is 0. The van der Waals surface area contributed by atoms with E-state index in [-0.39, 0.29) is 17.1 Å². The Balaban J connectivity index is -0.0000000720. The van der Waals surface area contributed by atoms with E-state index in [4.69, 9.17) is 9.59 Å². The minimum absolute atomic E-state index is 0. The van der Waals surface area contributed by atoms with Gasteiger partial charge >= 0.3 is 0 Å². The Kier molecular flexibility index (Phi) is 19.7. The van der Waals surface area contributed by atoms with Crippen molar-refractivity contribution in [3.63, 3.8) is 0 Å². The minimum Gasteiger partial charge on any atom is -0.361 e. The number of nitrogens with two attached hydrogens (primary N) is 2. The van der Waals surface area contributed by atoms with Gasteiger partial charge in [0.2, 0.25) is 0 Å². The number of thiol groups is 2. The molecule has 1 radical (unpaired) electrons. The Bertz CT molecular complexity index is 78.6. The Labute approximate surface area is 74.0 Å². The van der Waals surface area contributed by atoms with Gasteiger partial charge in [-0.3, -0.25) is 9.59 Å². The van der Waals surface area contributed by atoms with Crippen LogP contribution in [0, 0.1) is 0 Å². The van der Waals surface area contributed by atoms with Crippen molar-refractivity contribution in [3.05, 3.63) is 0 Å². The largest absolute Gasteiger partial charge is 0.361 e. The molecule has 0 aromatic carbocycles. The zero-order valence-electron chi connectivity index (χ0n) is 4.17. The Morgan fingerprint density at radius 1 is 1.00 bits per heavy atom. The molecule has 4 N–H and O–H groups in total. The summed E-state index contributed by atoms with van der Waals surface area (Å²) in [6.07, 6.45) is 0. The fourth-order valence-corrected chi connectivity index (χ4v) is 0. The second kappa shape index (κ2) is 11.0. The molecule has 0 saturated carbocycles. The van der Waals surface area contributed by atoms with Crippen LogP contribution in [0.2, 0.25) is 0 Å². The summed E-state index contributed by atoms with van der Waals surface area (Å²) in [4.78, 5) is 18.2. The zero-order chi connectivity index (χ0) is 7.15. The first-order valence-corrected chi connectivity index (χ1v) is 2.33. The summed E-state index contributed by atoms with van der Waals surface area (Å²) in [5.41, 5.74) is 8.67. The molecule has 0 spiro atoms. The first kappa shape index (κ1) is 16.1. The number of carbonyl (C=O) groups excluding carboxylic acids is 2. The van der Waals surface area contributed by atoms with E-state index in [2.05, 4.69) is 36.7 Å². The van der Waals surface area contributed by atoms with E-state index in [1.54, 1.807) is 0 Å². The van der Waals surface area contributed by atoms with E-state index in [0.717, 1.165) is 0 Å². The van der Waals surface area contributed by atoms with Gasteiger partial charge in [0.05, 0.1) is 0 Å². The number of primary amides is 2. The summed E-state index contributed by atoms with van der Waals surface area (Å²) in [6.45, 7) is 0. The molecule has 59 valence electrons. The predicted octanol–water partition coefficient (Wildman–Crippen LogP) is -0.0127. The topological polar surface area (TPSA) is 86.2 Å². The van der Waals surface area contributed by atoms with Crippen LogP contribution in [0.1, 0.15) is 0 Å². The van der Waals surface area contributed by atoms with E-state index in [0.29, 0.717) is 0 Å². The van der Waals surface area contributed by atoms with E-state index in [1.165, 1.54) is 0 Å². The SMILES string of the molecule is NC(=O)S.NC(=O)S.[Cu]. The molecule has 0 fully saturated rings. The summed E-state index contributed by atoms with van der Waals surface area (Å²) in [6, 6.07) is 0. The molecule has 4 nitrogen and oxygen atoms in total. The molecule has 0 bridgehead atoms. The van der Waals surface area contributed by atoms with Gasteiger partial charge in [-0.25, -0.2) is 0 Å². The van der Waals surface area contributed by atoms with E-state index >= 15 is 0 Å². The number of hydrogen-bond acceptors (Lipinski definition) is 2. The molecular weight excluding hydrogens is 212 g/mol. The zero-order valence-corrected chi connectivity index (χ0v) is 6.90. The summed E-state index contributed by atoms with van der Waals surface area (Å²) in [5, 5.41) is -1.28. The van der Waals surface area contributed by atoms with Gasteiger partial charge in [-0.1, -0.05) is 25.3 Å². The second-order valence-corrected chi connectivity index (χ2v) is 1.56. The van der Waals surface area contributed by atoms with Crippen LogP contribution in [0.3, 0.4) is 0 Å². The smallest absolute Gasteiger partial charge is 0.273 e. The van der Waals surface area contributed by atoms with Crippen molar-refractivity contribution in [1.29, 1.82) is 0 Å². The molecule has 0 aromatic rings. The van der Waals surface area contributed by atoms with E-state index in [1.807, 2.05) is 0 Å². The summed E-state index contributed by atoms with van der Waals surface area (Å²) >= 11 is 6.21. The third-order valence-corrected chi connectivity index (χ3v) is 0. The maximum atomic E-state index is 9.09. The average molecular weight is 218 g/mol. The third-order valence-electron chi connectivity index (χ3n) is 0. The maximum Gasteiger partial charge on any atom is 0.273 e. The number of carbonyl (C=O) groups is 2. The van der Waals surface area contributed by atoms with Crippen molar-refractivity contribution < 1.29 is 26.7 Å². The molecule has 0 atom stereocenters. The van der Waals surface area contributed by atoms with Crippen LogP contribution in [0.5, 0.6) is 0 Å². The first-order valence-electron chi connectivity index (χ1n) is 1.43. The Morgan fingerprint density at radius 2 is 1.00 bits per heavy atom. The van der Waals surface area contributed by atoms with Gasteiger partial charge in [0.15, 0.2) is 0 Å². The molecular formula is C2H6CuN2O2S2. The molecule has 9 heavy (non-hydrogen) atoms. The Morgan fingerprint density at radius 3 is 1.00 bits per heavy atom. The molecule has 0 saturated heterocycles. The first-order chi connectivity index (χ1) is 3.46. The van der Waals surface area contributed by atoms with Gasteiger partial charge in [-0.05, 0) is 0 Å². The molecule has 0 aromatic heterocycles. The Hall–Kier alpha value is 0.159. The molecule has 7 heteroatoms. The van der Waals surface area contributed by atoms with Crippen LogP contribution in [-0.2, 0) is 17.1 Å². The molecule has 0 heterocycles. The summed E-state index contributed by atoms with van der Waals surface area (Å²) < 4.78 is 0. The fraction of sp³-hybridized carbons (Fsp3) is 0. The van der Waals surface area contributed by atoms with Crippen LogP contribution in [0.25, 0.3) is 0 Å². The molecule has 2 amide bonds. The van der Waals surface area contributed by atoms with Gasteiger partial charge in [0, 0.05) is 17.1 Å². The van der Waals surface area contributed by atoms with Crippen molar-refractivity contribution in [2.45, 2.75) is 0 Å². The van der Waals surface area contributed by atoms with Crippen molar-refractivity contribution in [3.8, 4) is 0 Å². The van der Waals surface area contributed by atoms with Gasteiger partial charge in [0.25, 0.3) is 10.5 Å². The van der Waals surface area contributed by atoms with Crippen LogP contribution >= 0.6 is 25.3 Å². The van der Waals surface area contributed by atoms with Gasteiger partial charge in [-0.2, -0.15) is 0 Å². The summed E-state index contributed by atoms with van der Waals surface area (Å²) in [5.74, 6) is 0. The fourth-order valence-electron chi connectivity index (χ4n) is 0. The van der Waals surface area contributed by atoms with Crippen molar-refractivity contribution in [1.82, 2.24) is 0 Å². The molecule has 0 rings (SSSR count). The normalized spacial score (nSPS) is 5.56. The molecule has 0 unspecified atom stereocenters. The average Bonchev–Trinajstić information content (AvgIpc) is 1.25. The van der Waals surface area contributed by atoms with E-state index in [9.17, 15) is 0 Å². The maximum absolute atomic E-state index is 9.09. The third kappa shape index (κ3) is 12200. The van der Waals surface area contributed by atoms with Gasteiger partial charge < -0.3 is 11.5 Å². The van der Waals surface area contributed by atoms with Crippen molar-refractivity contribution in [2.24, 2.45) is 11.5 Å². The predicted molar refractivity (Wildman–Crippen MR) is 37.1 cm³/mol. The molecule has 0 aliphatic heterocycles.